The van der Waals surface area contributed by atoms with E-state index in [2.05, 4.69) is 17.2 Å². The van der Waals surface area contributed by atoms with E-state index in [1.165, 1.54) is 4.88 Å². The topological polar surface area (TPSA) is 63.6 Å². The summed E-state index contributed by atoms with van der Waals surface area (Å²) in [6.45, 7) is 7.17. The maximum Gasteiger partial charge on any atom is 0.0897 e. The van der Waals surface area contributed by atoms with E-state index in [1.54, 1.807) is 11.3 Å². The zero-order valence-electron chi connectivity index (χ0n) is 12.2. The fourth-order valence-corrected chi connectivity index (χ4v) is 2.94. The number of β-amino-alcohol motifs (C(OH)–C–C–N with tert-alkyl or cyclic N) is 1. The van der Waals surface area contributed by atoms with Crippen LogP contribution in [0.1, 0.15) is 23.9 Å². The number of aromatic nitrogens is 1. The van der Waals surface area contributed by atoms with E-state index in [1.807, 2.05) is 12.4 Å². The number of thiazole rings is 1. The first-order valence-electron chi connectivity index (χ1n) is 7.07. The highest BCUT2D eigenvalue weighted by Gasteiger charge is 2.29. The number of aliphatic hydroxyl groups is 1. The minimum Gasteiger partial charge on any atom is -0.389 e. The van der Waals surface area contributed by atoms with Gasteiger partial charge in [0.15, 0.2) is 0 Å². The van der Waals surface area contributed by atoms with Crippen molar-refractivity contribution in [3.8, 4) is 0 Å². The van der Waals surface area contributed by atoms with Crippen LogP contribution in [0.15, 0.2) is 5.51 Å². The van der Waals surface area contributed by atoms with E-state index in [-0.39, 0.29) is 5.54 Å². The van der Waals surface area contributed by atoms with Crippen molar-refractivity contribution >= 4 is 11.3 Å². The quantitative estimate of drug-likeness (QED) is 0.705. The predicted molar refractivity (Wildman–Crippen MR) is 79.2 cm³/mol. The summed E-state index contributed by atoms with van der Waals surface area (Å²) in [6, 6.07) is 0. The Morgan fingerprint density at radius 1 is 1.65 bits per heavy atom. The summed E-state index contributed by atoms with van der Waals surface area (Å²) in [6.07, 6.45) is 1.38. The van der Waals surface area contributed by atoms with Gasteiger partial charge in [0.2, 0.25) is 0 Å². The molecule has 1 saturated heterocycles. The Balaban J connectivity index is 1.56. The maximum atomic E-state index is 9.90. The lowest BCUT2D eigenvalue weighted by Gasteiger charge is -2.25. The summed E-state index contributed by atoms with van der Waals surface area (Å²) in [5, 5.41) is 13.3. The normalized spacial score (nSPS) is 24.1. The Bertz CT molecular complexity index is 405. The molecular weight excluding hydrogens is 276 g/mol. The number of hydrogen-bond acceptors (Lipinski definition) is 6. The van der Waals surface area contributed by atoms with E-state index in [4.69, 9.17) is 9.47 Å². The fourth-order valence-electron chi connectivity index (χ4n) is 2.18. The van der Waals surface area contributed by atoms with Crippen molar-refractivity contribution in [3.05, 3.63) is 16.1 Å². The van der Waals surface area contributed by atoms with Crippen LogP contribution in [-0.4, -0.2) is 54.7 Å². The highest BCUT2D eigenvalue weighted by Crippen LogP contribution is 2.17. The molecule has 0 aliphatic carbocycles. The van der Waals surface area contributed by atoms with Crippen LogP contribution >= 0.6 is 11.3 Å². The number of aliphatic hydroxyl groups excluding tert-OH is 1. The molecule has 1 aliphatic rings. The molecule has 0 radical (unpaired) electrons. The Morgan fingerprint density at radius 3 is 3.15 bits per heavy atom. The predicted octanol–water partition coefficient (Wildman–Crippen LogP) is 1.14. The van der Waals surface area contributed by atoms with Crippen molar-refractivity contribution in [2.24, 2.45) is 0 Å². The van der Waals surface area contributed by atoms with Crippen molar-refractivity contribution < 1.29 is 14.6 Å². The Kier molecular flexibility index (Phi) is 5.92. The monoisotopic (exact) mass is 300 g/mol. The van der Waals surface area contributed by atoms with Crippen LogP contribution in [-0.2, 0) is 15.9 Å². The second kappa shape index (κ2) is 7.47. The van der Waals surface area contributed by atoms with Crippen LogP contribution in [0.3, 0.4) is 0 Å². The van der Waals surface area contributed by atoms with Gasteiger partial charge in [-0.2, -0.15) is 0 Å². The number of nitrogens with one attached hydrogen (secondary N) is 1. The largest absolute Gasteiger partial charge is 0.389 e. The number of rotatable bonds is 8. The summed E-state index contributed by atoms with van der Waals surface area (Å²) in [5.74, 6) is 0. The number of hydrogen-bond donors (Lipinski definition) is 2. The molecule has 0 saturated carbocycles. The molecule has 2 N–H and O–H groups in total. The number of aryl methyl sites for hydroxylation is 1. The van der Waals surface area contributed by atoms with Crippen molar-refractivity contribution in [2.45, 2.75) is 38.3 Å². The lowest BCUT2D eigenvalue weighted by atomic mass is 10.0. The van der Waals surface area contributed by atoms with Gasteiger partial charge in [0.25, 0.3) is 0 Å². The van der Waals surface area contributed by atoms with Crippen molar-refractivity contribution in [1.29, 1.82) is 0 Å². The molecule has 5 nitrogen and oxygen atoms in total. The summed E-state index contributed by atoms with van der Waals surface area (Å²) < 4.78 is 10.9. The summed E-state index contributed by atoms with van der Waals surface area (Å²) in [5.41, 5.74) is 2.93. The first-order chi connectivity index (χ1) is 9.59. The van der Waals surface area contributed by atoms with Crippen molar-refractivity contribution in [3.63, 3.8) is 0 Å². The molecule has 114 valence electrons. The summed E-state index contributed by atoms with van der Waals surface area (Å²) in [4.78, 5) is 5.46. The van der Waals surface area contributed by atoms with Gasteiger partial charge >= 0.3 is 0 Å². The van der Waals surface area contributed by atoms with Crippen LogP contribution in [0.4, 0.5) is 0 Å². The first-order valence-corrected chi connectivity index (χ1v) is 7.94. The molecule has 0 amide bonds. The molecule has 6 heteroatoms. The van der Waals surface area contributed by atoms with Gasteiger partial charge in [0, 0.05) is 30.0 Å². The third kappa shape index (κ3) is 4.79. The molecule has 0 bridgehead atoms. The summed E-state index contributed by atoms with van der Waals surface area (Å²) in [7, 11) is 0. The zero-order valence-corrected chi connectivity index (χ0v) is 13.0. The second-order valence-electron chi connectivity index (χ2n) is 5.58. The highest BCUT2D eigenvalue weighted by molar-refractivity contribution is 7.09. The average Bonchev–Trinajstić information content (AvgIpc) is 3.02. The second-order valence-corrected chi connectivity index (χ2v) is 6.52. The van der Waals surface area contributed by atoms with Gasteiger partial charge in [-0.25, -0.2) is 4.98 Å². The minimum absolute atomic E-state index is 0.000724. The van der Waals surface area contributed by atoms with Crippen LogP contribution in [0.2, 0.25) is 0 Å². The van der Waals surface area contributed by atoms with Gasteiger partial charge in [-0.1, -0.05) is 0 Å². The zero-order chi connectivity index (χ0) is 14.4. The van der Waals surface area contributed by atoms with Gasteiger partial charge in [-0.3, -0.25) is 0 Å². The molecule has 20 heavy (non-hydrogen) atoms. The minimum atomic E-state index is -0.477. The Labute approximate surface area is 124 Å². The molecule has 0 spiro atoms. The molecule has 2 heterocycles. The van der Waals surface area contributed by atoms with Crippen LogP contribution in [0.25, 0.3) is 0 Å². The smallest absolute Gasteiger partial charge is 0.0897 e. The molecule has 1 aromatic rings. The van der Waals surface area contributed by atoms with E-state index in [9.17, 15) is 5.11 Å². The van der Waals surface area contributed by atoms with Gasteiger partial charge in [0.1, 0.15) is 0 Å². The molecule has 2 rings (SSSR count). The van der Waals surface area contributed by atoms with Gasteiger partial charge in [-0.05, 0) is 20.3 Å². The van der Waals surface area contributed by atoms with Gasteiger partial charge in [0.05, 0.1) is 37.1 Å². The lowest BCUT2D eigenvalue weighted by molar-refractivity contribution is 0.0339. The average molecular weight is 300 g/mol. The molecule has 2 atom stereocenters. The van der Waals surface area contributed by atoms with E-state index < -0.39 is 6.10 Å². The van der Waals surface area contributed by atoms with Gasteiger partial charge in [-0.15, -0.1) is 11.3 Å². The van der Waals surface area contributed by atoms with Crippen molar-refractivity contribution in [1.82, 2.24) is 10.3 Å². The lowest BCUT2D eigenvalue weighted by Crippen LogP contribution is -2.47. The molecule has 2 unspecified atom stereocenters. The first kappa shape index (κ1) is 15.9. The third-order valence-corrected chi connectivity index (χ3v) is 4.61. The molecular formula is C14H24N2O3S. The van der Waals surface area contributed by atoms with Crippen LogP contribution in [0.5, 0.6) is 0 Å². The van der Waals surface area contributed by atoms with E-state index >= 15 is 0 Å². The molecule has 0 aromatic carbocycles. The van der Waals surface area contributed by atoms with Crippen LogP contribution < -0.4 is 5.32 Å². The number of ether oxygens (including phenoxy) is 2. The highest BCUT2D eigenvalue weighted by atomic mass is 32.1. The van der Waals surface area contributed by atoms with E-state index in [0.29, 0.717) is 26.4 Å². The fraction of sp³-hybridized carbons (Fsp3) is 0.786. The molecule has 1 fully saturated rings. The standard InChI is InChI=1S/C14H24N2O3S/c1-11-13(20-10-15-11)3-5-18-8-12(17)7-16-14(2)4-6-19-9-14/h10,12,16-17H,3-9H2,1-2H3. The SMILES string of the molecule is Cc1ncsc1CCOCC(O)CNC1(C)CCOC1. The summed E-state index contributed by atoms with van der Waals surface area (Å²) >= 11 is 1.66. The third-order valence-electron chi connectivity index (χ3n) is 3.61. The molecule has 1 aliphatic heterocycles. The Morgan fingerprint density at radius 2 is 2.50 bits per heavy atom. The van der Waals surface area contributed by atoms with Crippen LogP contribution in [0, 0.1) is 6.92 Å². The van der Waals surface area contributed by atoms with Crippen molar-refractivity contribution in [2.75, 3.05) is 33.0 Å². The van der Waals surface area contributed by atoms with E-state index in [0.717, 1.165) is 25.1 Å². The van der Waals surface area contributed by atoms with Gasteiger partial charge < -0.3 is 19.9 Å². The number of nitrogens with zero attached hydrogens (tertiary/aromatic N) is 1. The maximum absolute atomic E-state index is 9.90. The molecule has 1 aromatic heterocycles. The Hall–Kier alpha value is -0.530.